The number of fused-ring (bicyclic) bond motifs is 3. The summed E-state index contributed by atoms with van der Waals surface area (Å²) in [5, 5.41) is 5.86. The van der Waals surface area contributed by atoms with E-state index < -0.39 is 0 Å². The zero-order valence-corrected chi connectivity index (χ0v) is 19.6. The number of nitrogens with zero attached hydrogens (tertiary/aromatic N) is 3. The maximum Gasteiger partial charge on any atom is 0.229 e. The van der Waals surface area contributed by atoms with Crippen LogP contribution in [-0.4, -0.2) is 14.8 Å². The summed E-state index contributed by atoms with van der Waals surface area (Å²) < 4.78 is 8.32. The van der Waals surface area contributed by atoms with E-state index in [-0.39, 0.29) is 5.92 Å². The van der Waals surface area contributed by atoms with Crippen molar-refractivity contribution in [3.8, 4) is 17.4 Å². The summed E-state index contributed by atoms with van der Waals surface area (Å²) in [5.74, 6) is 0.876. The largest absolute Gasteiger partial charge is 0.420 e. The maximum atomic E-state index is 6.84. The Morgan fingerprint density at radius 3 is 2.61 bits per heavy atom. The Morgan fingerprint density at radius 2 is 1.79 bits per heavy atom. The molecule has 4 aromatic rings. The minimum Gasteiger partial charge on any atom is -0.420 e. The lowest BCUT2D eigenvalue weighted by Gasteiger charge is -2.31. The van der Waals surface area contributed by atoms with Gasteiger partial charge < -0.3 is 10.5 Å². The summed E-state index contributed by atoms with van der Waals surface area (Å²) >= 11 is 13.2. The molecule has 7 heteroatoms. The van der Waals surface area contributed by atoms with Crippen LogP contribution >= 0.6 is 23.2 Å². The highest BCUT2D eigenvalue weighted by atomic mass is 35.5. The third-order valence-electron chi connectivity index (χ3n) is 6.65. The number of benzene rings is 2. The second kappa shape index (κ2) is 7.79. The van der Waals surface area contributed by atoms with Crippen LogP contribution in [0.1, 0.15) is 52.4 Å². The van der Waals surface area contributed by atoms with Crippen LogP contribution in [0.15, 0.2) is 48.5 Å². The number of aromatic nitrogens is 3. The molecule has 2 N–H and O–H groups in total. The lowest BCUT2D eigenvalue weighted by Crippen LogP contribution is -2.20. The number of ether oxygens (including phenoxy) is 1. The standard InChI is InChI=1S/C26H22Cl2N4O/c1-14-20-21(17-11-7-12-18(27)23(17)28)22-24(29)16-10-5-6-13-19(16)30-25(22)33-26(20)32(31-14)15-8-3-2-4-9-15/h2-4,7-9,11-12,21H,5-6,10,13H2,1H3,(H2,29,30). The van der Waals surface area contributed by atoms with Gasteiger partial charge in [0.2, 0.25) is 11.8 Å². The van der Waals surface area contributed by atoms with Crippen LogP contribution in [-0.2, 0) is 12.8 Å². The first kappa shape index (κ1) is 20.6. The van der Waals surface area contributed by atoms with Crippen molar-refractivity contribution in [1.29, 1.82) is 0 Å². The quantitative estimate of drug-likeness (QED) is 0.310. The Kier molecular flexibility index (Phi) is 4.86. The first-order chi connectivity index (χ1) is 16.0. The molecule has 1 atom stereocenters. The fourth-order valence-electron chi connectivity index (χ4n) is 5.10. The van der Waals surface area contributed by atoms with E-state index in [1.165, 1.54) is 0 Å². The fraction of sp³-hybridized carbons (Fsp3) is 0.231. The number of nitrogen functional groups attached to an aromatic ring is 1. The summed E-state index contributed by atoms with van der Waals surface area (Å²) in [6.07, 6.45) is 4.04. The average molecular weight is 477 g/mol. The van der Waals surface area contributed by atoms with Crippen molar-refractivity contribution in [3.05, 3.63) is 92.2 Å². The SMILES string of the molecule is Cc1nn(-c2ccccc2)c2c1C(c1cccc(Cl)c1Cl)c1c(nc3c(c1N)CCCC3)O2. The molecule has 0 spiro atoms. The monoisotopic (exact) mass is 476 g/mol. The van der Waals surface area contributed by atoms with E-state index in [1.54, 1.807) is 6.07 Å². The van der Waals surface area contributed by atoms with E-state index in [9.17, 15) is 0 Å². The third-order valence-corrected chi connectivity index (χ3v) is 7.48. The van der Waals surface area contributed by atoms with Crippen molar-refractivity contribution in [2.24, 2.45) is 0 Å². The van der Waals surface area contributed by atoms with Gasteiger partial charge in [-0.25, -0.2) is 9.67 Å². The topological polar surface area (TPSA) is 66.0 Å². The second-order valence-corrected chi connectivity index (χ2v) is 9.39. The number of pyridine rings is 1. The Balaban J connectivity index is 1.67. The lowest BCUT2D eigenvalue weighted by atomic mass is 9.81. The van der Waals surface area contributed by atoms with Crippen LogP contribution in [0.2, 0.25) is 10.0 Å². The van der Waals surface area contributed by atoms with E-state index in [2.05, 4.69) is 0 Å². The van der Waals surface area contributed by atoms with Crippen LogP contribution < -0.4 is 10.5 Å². The molecule has 0 radical (unpaired) electrons. The summed E-state index contributed by atoms with van der Waals surface area (Å²) in [6, 6.07) is 15.6. The Labute approximate surface area is 202 Å². The van der Waals surface area contributed by atoms with Gasteiger partial charge in [0.05, 0.1) is 38.5 Å². The summed E-state index contributed by atoms with van der Waals surface area (Å²) in [7, 11) is 0. The Bertz CT molecular complexity index is 1400. The first-order valence-corrected chi connectivity index (χ1v) is 11.9. The lowest BCUT2D eigenvalue weighted by molar-refractivity contribution is 0.401. The zero-order valence-electron chi connectivity index (χ0n) is 18.1. The van der Waals surface area contributed by atoms with Gasteiger partial charge >= 0.3 is 0 Å². The number of hydrogen-bond acceptors (Lipinski definition) is 4. The minimum atomic E-state index is -0.285. The van der Waals surface area contributed by atoms with Gasteiger partial charge in [-0.1, -0.05) is 53.5 Å². The molecule has 2 aromatic carbocycles. The number of aryl methyl sites for hydroxylation is 2. The summed E-state index contributed by atoms with van der Waals surface area (Å²) in [5.41, 5.74) is 14.1. The molecule has 2 aliphatic rings. The van der Waals surface area contributed by atoms with Gasteiger partial charge in [-0.05, 0) is 61.9 Å². The van der Waals surface area contributed by atoms with Crippen molar-refractivity contribution in [2.75, 3.05) is 5.73 Å². The van der Waals surface area contributed by atoms with Crippen LogP contribution in [0.4, 0.5) is 5.69 Å². The second-order valence-electron chi connectivity index (χ2n) is 8.61. The summed E-state index contributed by atoms with van der Waals surface area (Å²) in [4.78, 5) is 4.97. The molecular formula is C26H22Cl2N4O. The van der Waals surface area contributed by atoms with Crippen molar-refractivity contribution in [1.82, 2.24) is 14.8 Å². The molecule has 2 aromatic heterocycles. The van der Waals surface area contributed by atoms with Crippen LogP contribution in [0.25, 0.3) is 5.69 Å². The van der Waals surface area contributed by atoms with Gasteiger partial charge in [-0.15, -0.1) is 0 Å². The molecular weight excluding hydrogens is 455 g/mol. The number of rotatable bonds is 2. The van der Waals surface area contributed by atoms with Gasteiger partial charge in [0.1, 0.15) is 0 Å². The smallest absolute Gasteiger partial charge is 0.229 e. The third kappa shape index (κ3) is 3.14. The van der Waals surface area contributed by atoms with Gasteiger partial charge in [0, 0.05) is 11.4 Å². The predicted octanol–water partition coefficient (Wildman–Crippen LogP) is 6.63. The van der Waals surface area contributed by atoms with Gasteiger partial charge in [0.15, 0.2) is 0 Å². The molecule has 33 heavy (non-hydrogen) atoms. The first-order valence-electron chi connectivity index (χ1n) is 11.1. The molecule has 166 valence electrons. The number of halogens is 2. The number of anilines is 1. The molecule has 3 heterocycles. The highest BCUT2D eigenvalue weighted by molar-refractivity contribution is 6.42. The van der Waals surface area contributed by atoms with Gasteiger partial charge in [-0.3, -0.25) is 0 Å². The van der Waals surface area contributed by atoms with E-state index in [0.717, 1.165) is 70.7 Å². The highest BCUT2D eigenvalue weighted by Gasteiger charge is 2.39. The van der Waals surface area contributed by atoms with Crippen molar-refractivity contribution in [2.45, 2.75) is 38.5 Å². The van der Waals surface area contributed by atoms with Gasteiger partial charge in [-0.2, -0.15) is 5.10 Å². The molecule has 5 nitrogen and oxygen atoms in total. The highest BCUT2D eigenvalue weighted by Crippen LogP contribution is 2.53. The fourth-order valence-corrected chi connectivity index (χ4v) is 5.52. The molecule has 1 unspecified atom stereocenters. The van der Waals surface area contributed by atoms with Crippen LogP contribution in [0.3, 0.4) is 0 Å². The number of hydrogen-bond donors (Lipinski definition) is 1. The number of para-hydroxylation sites is 1. The van der Waals surface area contributed by atoms with Crippen molar-refractivity contribution < 1.29 is 4.74 Å². The molecule has 1 aliphatic carbocycles. The van der Waals surface area contributed by atoms with E-state index in [0.29, 0.717) is 21.8 Å². The normalized spacial score (nSPS) is 16.5. The molecule has 1 aliphatic heterocycles. The molecule has 6 rings (SSSR count). The van der Waals surface area contributed by atoms with Crippen LogP contribution in [0.5, 0.6) is 11.8 Å². The number of nitrogens with two attached hydrogens (primary N) is 1. The molecule has 0 amide bonds. The van der Waals surface area contributed by atoms with E-state index >= 15 is 0 Å². The maximum absolute atomic E-state index is 6.84. The van der Waals surface area contributed by atoms with Crippen molar-refractivity contribution in [3.63, 3.8) is 0 Å². The summed E-state index contributed by atoms with van der Waals surface area (Å²) in [6.45, 7) is 1.99. The Morgan fingerprint density at radius 1 is 1.00 bits per heavy atom. The van der Waals surface area contributed by atoms with E-state index in [1.807, 2.05) is 54.1 Å². The minimum absolute atomic E-state index is 0.285. The molecule has 0 saturated carbocycles. The van der Waals surface area contributed by atoms with Crippen molar-refractivity contribution >= 4 is 28.9 Å². The Hall–Kier alpha value is -3.02. The average Bonchev–Trinajstić information content (AvgIpc) is 3.16. The molecule has 0 fully saturated rings. The zero-order chi connectivity index (χ0) is 22.7. The molecule has 0 saturated heterocycles. The van der Waals surface area contributed by atoms with E-state index in [4.69, 9.17) is 43.8 Å². The van der Waals surface area contributed by atoms with Crippen LogP contribution in [0, 0.1) is 6.92 Å². The predicted molar refractivity (Wildman–Crippen MR) is 131 cm³/mol. The molecule has 0 bridgehead atoms. The van der Waals surface area contributed by atoms with Gasteiger partial charge in [0.25, 0.3) is 0 Å².